The molecule has 1 aromatic rings. The number of aromatic hydroxyl groups is 1. The van der Waals surface area contributed by atoms with Gasteiger partial charge in [0.15, 0.2) is 5.78 Å². The smallest absolute Gasteiger partial charge is 0.341 e. The number of esters is 1. The van der Waals surface area contributed by atoms with Gasteiger partial charge < -0.3 is 14.9 Å². The minimum Gasteiger partial charge on any atom is -0.506 e. The lowest BCUT2D eigenvalue weighted by atomic mass is 9.92. The van der Waals surface area contributed by atoms with Crippen molar-refractivity contribution in [3.05, 3.63) is 28.8 Å². The van der Waals surface area contributed by atoms with E-state index in [2.05, 4.69) is 4.74 Å². The van der Waals surface area contributed by atoms with E-state index in [1.807, 2.05) is 13.8 Å². The number of hydrogen-bond donors (Lipinski definition) is 2. The second-order valence-electron chi connectivity index (χ2n) is 4.35. The van der Waals surface area contributed by atoms with Crippen molar-refractivity contribution in [3.8, 4) is 5.75 Å². The molecule has 0 spiro atoms. The van der Waals surface area contributed by atoms with Crippen molar-refractivity contribution in [2.75, 3.05) is 13.7 Å². The van der Waals surface area contributed by atoms with Crippen molar-refractivity contribution in [1.29, 1.82) is 0 Å². The molecule has 1 aromatic carbocycles. The number of ketones is 1. The van der Waals surface area contributed by atoms with Crippen LogP contribution in [-0.2, 0) is 4.74 Å². The fourth-order valence-corrected chi connectivity index (χ4v) is 1.74. The van der Waals surface area contributed by atoms with Crippen LogP contribution in [0.5, 0.6) is 5.75 Å². The molecule has 0 radical (unpaired) electrons. The maximum Gasteiger partial charge on any atom is 0.341 e. The van der Waals surface area contributed by atoms with E-state index in [1.54, 1.807) is 0 Å². The number of benzene rings is 1. The topological polar surface area (TPSA) is 83.8 Å². The van der Waals surface area contributed by atoms with Gasteiger partial charge in [-0.3, -0.25) is 4.79 Å². The average molecular weight is 266 g/mol. The Labute approximate surface area is 111 Å². The molecule has 0 saturated carbocycles. The SMILES string of the molecule is CCC(C)c1cc(C(=O)CO)c(O)c(C(=O)OC)c1. The van der Waals surface area contributed by atoms with Crippen LogP contribution in [0.3, 0.4) is 0 Å². The summed E-state index contributed by atoms with van der Waals surface area (Å²) >= 11 is 0. The Morgan fingerprint density at radius 1 is 1.32 bits per heavy atom. The van der Waals surface area contributed by atoms with E-state index in [0.717, 1.165) is 12.0 Å². The number of carbonyl (C=O) groups is 2. The van der Waals surface area contributed by atoms with Gasteiger partial charge in [0.25, 0.3) is 0 Å². The summed E-state index contributed by atoms with van der Waals surface area (Å²) in [6.07, 6.45) is 0.818. The maximum absolute atomic E-state index is 11.6. The normalized spacial score (nSPS) is 12.0. The van der Waals surface area contributed by atoms with E-state index in [9.17, 15) is 14.7 Å². The second kappa shape index (κ2) is 6.33. The molecule has 0 aliphatic carbocycles. The predicted molar refractivity (Wildman–Crippen MR) is 69.6 cm³/mol. The van der Waals surface area contributed by atoms with Crippen LogP contribution in [0.4, 0.5) is 0 Å². The number of aliphatic hydroxyl groups is 1. The molecule has 1 rings (SSSR count). The van der Waals surface area contributed by atoms with Crippen molar-refractivity contribution < 1.29 is 24.5 Å². The van der Waals surface area contributed by atoms with E-state index in [-0.39, 0.29) is 17.0 Å². The molecule has 2 N–H and O–H groups in total. The number of aliphatic hydroxyl groups excluding tert-OH is 1. The molecule has 0 heterocycles. The summed E-state index contributed by atoms with van der Waals surface area (Å²) < 4.78 is 4.58. The van der Waals surface area contributed by atoms with Crippen LogP contribution in [0.25, 0.3) is 0 Å². The quantitative estimate of drug-likeness (QED) is 0.628. The molecule has 0 saturated heterocycles. The van der Waals surface area contributed by atoms with Gasteiger partial charge in [-0.25, -0.2) is 4.79 Å². The lowest BCUT2D eigenvalue weighted by molar-refractivity contribution is 0.0597. The fraction of sp³-hybridized carbons (Fsp3) is 0.429. The molecule has 0 aliphatic rings. The van der Waals surface area contributed by atoms with Gasteiger partial charge in [0.1, 0.15) is 17.9 Å². The first-order valence-electron chi connectivity index (χ1n) is 6.05. The molecule has 5 heteroatoms. The Morgan fingerprint density at radius 2 is 1.89 bits per heavy atom. The lowest BCUT2D eigenvalue weighted by Gasteiger charge is -2.14. The van der Waals surface area contributed by atoms with Crippen LogP contribution < -0.4 is 0 Å². The first-order chi connectivity index (χ1) is 8.96. The molecule has 0 fully saturated rings. The van der Waals surface area contributed by atoms with Crippen LogP contribution in [0.2, 0.25) is 0 Å². The highest BCUT2D eigenvalue weighted by Gasteiger charge is 2.21. The summed E-state index contributed by atoms with van der Waals surface area (Å²) in [5.41, 5.74) is 0.635. The number of Topliss-reactive ketones (excluding diaryl/α,β-unsaturated/α-hetero) is 1. The minimum atomic E-state index is -0.724. The van der Waals surface area contributed by atoms with E-state index < -0.39 is 24.1 Å². The Kier molecular flexibility index (Phi) is 5.06. The number of methoxy groups -OCH3 is 1. The number of rotatable bonds is 5. The summed E-state index contributed by atoms with van der Waals surface area (Å²) in [7, 11) is 1.20. The van der Waals surface area contributed by atoms with Crippen molar-refractivity contribution in [1.82, 2.24) is 0 Å². The molecule has 0 bridgehead atoms. The zero-order chi connectivity index (χ0) is 14.6. The van der Waals surface area contributed by atoms with Gasteiger partial charge in [0, 0.05) is 0 Å². The van der Waals surface area contributed by atoms with Crippen LogP contribution in [0.1, 0.15) is 52.5 Å². The van der Waals surface area contributed by atoms with E-state index in [1.165, 1.54) is 19.2 Å². The molecule has 19 heavy (non-hydrogen) atoms. The second-order valence-corrected chi connectivity index (χ2v) is 4.35. The molecule has 0 aliphatic heterocycles. The third-order valence-corrected chi connectivity index (χ3v) is 3.16. The highest BCUT2D eigenvalue weighted by Crippen LogP contribution is 2.30. The predicted octanol–water partition coefficient (Wildman–Crippen LogP) is 1.87. The Morgan fingerprint density at radius 3 is 2.37 bits per heavy atom. The highest BCUT2D eigenvalue weighted by molar-refractivity contribution is 6.04. The fourth-order valence-electron chi connectivity index (χ4n) is 1.74. The summed E-state index contributed by atoms with van der Waals surface area (Å²) in [6, 6.07) is 3.03. The van der Waals surface area contributed by atoms with Gasteiger partial charge in [-0.15, -0.1) is 0 Å². The zero-order valence-electron chi connectivity index (χ0n) is 11.3. The van der Waals surface area contributed by atoms with Gasteiger partial charge in [-0.1, -0.05) is 13.8 Å². The molecule has 0 amide bonds. The zero-order valence-corrected chi connectivity index (χ0v) is 11.3. The van der Waals surface area contributed by atoms with Gasteiger partial charge in [-0.05, 0) is 30.0 Å². The van der Waals surface area contributed by atoms with Crippen molar-refractivity contribution in [3.63, 3.8) is 0 Å². The molecule has 1 atom stereocenters. The minimum absolute atomic E-state index is 0.0549. The highest BCUT2D eigenvalue weighted by atomic mass is 16.5. The first kappa shape index (κ1) is 15.2. The van der Waals surface area contributed by atoms with Gasteiger partial charge in [0.2, 0.25) is 0 Å². The van der Waals surface area contributed by atoms with Crippen LogP contribution >= 0.6 is 0 Å². The third-order valence-electron chi connectivity index (χ3n) is 3.16. The standard InChI is InChI=1S/C14H18O5/c1-4-8(2)9-5-10(12(16)7-15)13(17)11(6-9)14(18)19-3/h5-6,8,15,17H,4,7H2,1-3H3. The largest absolute Gasteiger partial charge is 0.506 e. The average Bonchev–Trinajstić information content (AvgIpc) is 2.44. The van der Waals surface area contributed by atoms with E-state index in [4.69, 9.17) is 5.11 Å². The molecule has 5 nitrogen and oxygen atoms in total. The number of phenolic OH excluding ortho intramolecular Hbond substituents is 1. The van der Waals surface area contributed by atoms with Crippen LogP contribution in [0.15, 0.2) is 12.1 Å². The molecular formula is C14H18O5. The number of ether oxygens (including phenoxy) is 1. The Hall–Kier alpha value is -1.88. The lowest BCUT2D eigenvalue weighted by Crippen LogP contribution is -2.11. The third kappa shape index (κ3) is 3.12. The van der Waals surface area contributed by atoms with Gasteiger partial charge in [-0.2, -0.15) is 0 Å². The van der Waals surface area contributed by atoms with Crippen LogP contribution in [0, 0.1) is 0 Å². The van der Waals surface area contributed by atoms with E-state index >= 15 is 0 Å². The van der Waals surface area contributed by atoms with Crippen molar-refractivity contribution in [2.45, 2.75) is 26.2 Å². The molecule has 0 aromatic heterocycles. The molecular weight excluding hydrogens is 248 g/mol. The Balaban J connectivity index is 3.46. The van der Waals surface area contributed by atoms with Crippen LogP contribution in [-0.4, -0.2) is 35.7 Å². The number of carbonyl (C=O) groups excluding carboxylic acids is 2. The van der Waals surface area contributed by atoms with Crippen molar-refractivity contribution >= 4 is 11.8 Å². The summed E-state index contributed by atoms with van der Waals surface area (Å²) in [6.45, 7) is 3.20. The summed E-state index contributed by atoms with van der Waals surface area (Å²) in [5, 5.41) is 18.8. The van der Waals surface area contributed by atoms with Gasteiger partial charge >= 0.3 is 5.97 Å². The molecule has 1 unspecified atom stereocenters. The summed E-state index contributed by atoms with van der Waals surface area (Å²) in [5.74, 6) is -1.67. The Bertz CT molecular complexity index is 456. The van der Waals surface area contributed by atoms with E-state index in [0.29, 0.717) is 0 Å². The maximum atomic E-state index is 11.6. The summed E-state index contributed by atoms with van der Waals surface area (Å²) in [4.78, 5) is 23.2. The number of phenols is 1. The van der Waals surface area contributed by atoms with Gasteiger partial charge in [0.05, 0.1) is 12.7 Å². The van der Waals surface area contributed by atoms with Crippen molar-refractivity contribution in [2.24, 2.45) is 0 Å². The number of hydrogen-bond acceptors (Lipinski definition) is 5. The monoisotopic (exact) mass is 266 g/mol. The molecule has 104 valence electrons. The first-order valence-corrected chi connectivity index (χ1v) is 6.05.